The smallest absolute Gasteiger partial charge is 0.356 e. The van der Waals surface area contributed by atoms with Gasteiger partial charge in [-0.05, 0) is 18.6 Å². The summed E-state index contributed by atoms with van der Waals surface area (Å²) in [7, 11) is 0. The van der Waals surface area contributed by atoms with Gasteiger partial charge in [0.2, 0.25) is 0 Å². The van der Waals surface area contributed by atoms with Crippen molar-refractivity contribution in [3.63, 3.8) is 0 Å². The van der Waals surface area contributed by atoms with E-state index in [0.717, 1.165) is 5.56 Å². The van der Waals surface area contributed by atoms with Crippen molar-refractivity contribution in [2.75, 3.05) is 0 Å². The monoisotopic (exact) mass is 181 g/mol. The summed E-state index contributed by atoms with van der Waals surface area (Å²) < 4.78 is 0. The molecule has 3 heteroatoms. The van der Waals surface area contributed by atoms with Gasteiger partial charge >= 0.3 is 5.97 Å². The largest absolute Gasteiger partial charge is 0.370 e. The Kier molecular flexibility index (Phi) is 5.55. The van der Waals surface area contributed by atoms with E-state index in [1.165, 1.54) is 0 Å². The van der Waals surface area contributed by atoms with Crippen LogP contribution in [0.3, 0.4) is 0 Å². The standard InChI is InChI=1S/C8H9NO2.C2H6/c1-6-4-2-3-5-7(6)8(10)11-9;1-2/h2-5H,9H2,1H3;1-2H3. The van der Waals surface area contributed by atoms with Gasteiger partial charge in [0.25, 0.3) is 0 Å². The summed E-state index contributed by atoms with van der Waals surface area (Å²) in [5, 5.41) is 0. The number of hydrogen-bond acceptors (Lipinski definition) is 3. The first-order chi connectivity index (χ1) is 6.25. The first-order valence-electron chi connectivity index (χ1n) is 4.22. The van der Waals surface area contributed by atoms with Crippen LogP contribution < -0.4 is 5.90 Å². The molecule has 0 aliphatic rings. The van der Waals surface area contributed by atoms with E-state index in [-0.39, 0.29) is 0 Å². The Balaban J connectivity index is 0.000000671. The molecule has 2 N–H and O–H groups in total. The van der Waals surface area contributed by atoms with Gasteiger partial charge in [0.15, 0.2) is 0 Å². The Bertz CT molecular complexity index is 271. The van der Waals surface area contributed by atoms with Crippen molar-refractivity contribution in [1.29, 1.82) is 0 Å². The van der Waals surface area contributed by atoms with Crippen LogP contribution in [0.5, 0.6) is 0 Å². The average Bonchev–Trinajstić information content (AvgIpc) is 2.20. The summed E-state index contributed by atoms with van der Waals surface area (Å²) in [4.78, 5) is 15.0. The van der Waals surface area contributed by atoms with Gasteiger partial charge in [-0.25, -0.2) is 4.79 Å². The molecule has 0 amide bonds. The molecule has 0 saturated heterocycles. The van der Waals surface area contributed by atoms with E-state index < -0.39 is 5.97 Å². The van der Waals surface area contributed by atoms with E-state index in [4.69, 9.17) is 5.90 Å². The molecular weight excluding hydrogens is 166 g/mol. The number of nitrogens with two attached hydrogens (primary N) is 1. The van der Waals surface area contributed by atoms with Crippen LogP contribution >= 0.6 is 0 Å². The highest BCUT2D eigenvalue weighted by molar-refractivity contribution is 5.90. The van der Waals surface area contributed by atoms with E-state index in [0.29, 0.717) is 5.56 Å². The summed E-state index contributed by atoms with van der Waals surface area (Å²) in [5.74, 6) is 4.23. The van der Waals surface area contributed by atoms with Crippen LogP contribution in [0.15, 0.2) is 24.3 Å². The molecule has 0 unspecified atom stereocenters. The van der Waals surface area contributed by atoms with Gasteiger partial charge in [0, 0.05) is 0 Å². The number of rotatable bonds is 1. The SMILES string of the molecule is CC.Cc1ccccc1C(=O)ON. The normalized spacial score (nSPS) is 8.31. The van der Waals surface area contributed by atoms with Crippen molar-refractivity contribution >= 4 is 5.97 Å². The molecule has 1 aromatic rings. The minimum absolute atomic E-state index is 0.497. The second-order valence-electron chi connectivity index (χ2n) is 2.22. The Morgan fingerprint density at radius 3 is 2.31 bits per heavy atom. The fourth-order valence-electron chi connectivity index (χ4n) is 0.865. The Morgan fingerprint density at radius 1 is 1.31 bits per heavy atom. The fourth-order valence-corrected chi connectivity index (χ4v) is 0.865. The molecule has 0 heterocycles. The second-order valence-corrected chi connectivity index (χ2v) is 2.22. The first kappa shape index (κ1) is 11.6. The van der Waals surface area contributed by atoms with E-state index in [1.807, 2.05) is 32.9 Å². The van der Waals surface area contributed by atoms with Crippen molar-refractivity contribution in [3.8, 4) is 0 Å². The van der Waals surface area contributed by atoms with Gasteiger partial charge in [-0.3, -0.25) is 0 Å². The molecule has 0 aromatic heterocycles. The number of hydrogen-bond donors (Lipinski definition) is 1. The number of benzene rings is 1. The maximum absolute atomic E-state index is 10.9. The molecule has 0 bridgehead atoms. The summed E-state index contributed by atoms with van der Waals surface area (Å²) >= 11 is 0. The van der Waals surface area contributed by atoms with E-state index in [1.54, 1.807) is 12.1 Å². The Hall–Kier alpha value is -1.35. The van der Waals surface area contributed by atoms with E-state index in [2.05, 4.69) is 4.84 Å². The minimum Gasteiger partial charge on any atom is -0.370 e. The molecule has 0 fully saturated rings. The van der Waals surface area contributed by atoms with Crippen LogP contribution in [-0.2, 0) is 4.84 Å². The minimum atomic E-state index is -0.497. The maximum atomic E-state index is 10.9. The van der Waals surface area contributed by atoms with Gasteiger partial charge in [-0.15, -0.1) is 0 Å². The highest BCUT2D eigenvalue weighted by atomic mass is 16.7. The number of carbonyl (C=O) groups excluding carboxylic acids is 1. The van der Waals surface area contributed by atoms with Crippen LogP contribution in [0.4, 0.5) is 0 Å². The van der Waals surface area contributed by atoms with Crippen molar-refractivity contribution in [3.05, 3.63) is 35.4 Å². The zero-order chi connectivity index (χ0) is 10.3. The average molecular weight is 181 g/mol. The lowest BCUT2D eigenvalue weighted by molar-refractivity contribution is 0.0502. The Morgan fingerprint density at radius 2 is 1.85 bits per heavy atom. The van der Waals surface area contributed by atoms with Crippen LogP contribution in [0.1, 0.15) is 29.8 Å². The zero-order valence-corrected chi connectivity index (χ0v) is 8.20. The molecule has 1 rings (SSSR count). The van der Waals surface area contributed by atoms with Gasteiger partial charge in [-0.1, -0.05) is 32.0 Å². The lowest BCUT2D eigenvalue weighted by Crippen LogP contribution is -2.11. The molecule has 0 spiro atoms. The third-order valence-electron chi connectivity index (χ3n) is 1.47. The second kappa shape index (κ2) is 6.20. The molecule has 13 heavy (non-hydrogen) atoms. The van der Waals surface area contributed by atoms with Crippen molar-refractivity contribution in [2.45, 2.75) is 20.8 Å². The van der Waals surface area contributed by atoms with E-state index >= 15 is 0 Å². The number of carbonyl (C=O) groups is 1. The molecule has 1 aromatic carbocycles. The van der Waals surface area contributed by atoms with Gasteiger partial charge in [0.05, 0.1) is 5.56 Å². The van der Waals surface area contributed by atoms with Crippen LogP contribution in [-0.4, -0.2) is 5.97 Å². The van der Waals surface area contributed by atoms with Gasteiger partial charge in [0.1, 0.15) is 0 Å². The van der Waals surface area contributed by atoms with Gasteiger partial charge in [-0.2, -0.15) is 5.90 Å². The third-order valence-corrected chi connectivity index (χ3v) is 1.47. The maximum Gasteiger partial charge on any atom is 0.356 e. The molecule has 3 nitrogen and oxygen atoms in total. The zero-order valence-electron chi connectivity index (χ0n) is 8.20. The lowest BCUT2D eigenvalue weighted by Gasteiger charge is -2.00. The molecule has 0 saturated carbocycles. The van der Waals surface area contributed by atoms with Crippen molar-refractivity contribution in [2.24, 2.45) is 5.90 Å². The van der Waals surface area contributed by atoms with Crippen molar-refractivity contribution < 1.29 is 9.63 Å². The summed E-state index contributed by atoms with van der Waals surface area (Å²) in [6.07, 6.45) is 0. The third kappa shape index (κ3) is 3.25. The molecular formula is C10H15NO2. The molecule has 72 valence electrons. The topological polar surface area (TPSA) is 52.3 Å². The van der Waals surface area contributed by atoms with Crippen LogP contribution in [0.25, 0.3) is 0 Å². The van der Waals surface area contributed by atoms with Gasteiger partial charge < -0.3 is 4.84 Å². The summed E-state index contributed by atoms with van der Waals surface area (Å²) in [6.45, 7) is 5.83. The molecule has 0 aliphatic heterocycles. The Labute approximate surface area is 78.5 Å². The molecule has 0 atom stereocenters. The predicted molar refractivity (Wildman–Crippen MR) is 52.1 cm³/mol. The molecule has 0 aliphatic carbocycles. The van der Waals surface area contributed by atoms with Crippen molar-refractivity contribution in [1.82, 2.24) is 0 Å². The predicted octanol–water partition coefficient (Wildman–Crippen LogP) is 2.05. The molecule has 0 radical (unpaired) electrons. The highest BCUT2D eigenvalue weighted by Crippen LogP contribution is 2.06. The first-order valence-corrected chi connectivity index (χ1v) is 4.22. The fraction of sp³-hybridized carbons (Fsp3) is 0.300. The van der Waals surface area contributed by atoms with Crippen LogP contribution in [0.2, 0.25) is 0 Å². The highest BCUT2D eigenvalue weighted by Gasteiger charge is 2.06. The quantitative estimate of drug-likeness (QED) is 0.674. The summed E-state index contributed by atoms with van der Waals surface area (Å²) in [6, 6.07) is 7.11. The lowest BCUT2D eigenvalue weighted by atomic mass is 10.1. The van der Waals surface area contributed by atoms with Crippen LogP contribution in [0, 0.1) is 6.92 Å². The number of aryl methyl sites for hydroxylation is 1. The summed E-state index contributed by atoms with van der Waals surface area (Å²) in [5.41, 5.74) is 1.37. The van der Waals surface area contributed by atoms with E-state index in [9.17, 15) is 4.79 Å².